The lowest BCUT2D eigenvalue weighted by Crippen LogP contribution is -2.38. The lowest BCUT2D eigenvalue weighted by Gasteiger charge is -2.27. The summed E-state index contributed by atoms with van der Waals surface area (Å²) in [6.45, 7) is 6.25. The van der Waals surface area contributed by atoms with Crippen LogP contribution in [-0.4, -0.2) is 44.3 Å². The SMILES string of the molecule is Clc1cc2c(s1)CCCC2NCCCN1CCOCC1. The van der Waals surface area contributed by atoms with Crippen LogP contribution in [0.4, 0.5) is 0 Å². The van der Waals surface area contributed by atoms with Crippen LogP contribution in [0.25, 0.3) is 0 Å². The quantitative estimate of drug-likeness (QED) is 0.845. The third-order valence-electron chi connectivity index (χ3n) is 4.23. The van der Waals surface area contributed by atoms with Crippen LogP contribution >= 0.6 is 22.9 Å². The van der Waals surface area contributed by atoms with E-state index in [4.69, 9.17) is 16.3 Å². The van der Waals surface area contributed by atoms with E-state index >= 15 is 0 Å². The van der Waals surface area contributed by atoms with Gasteiger partial charge in [-0.2, -0.15) is 0 Å². The van der Waals surface area contributed by atoms with Crippen LogP contribution in [0.3, 0.4) is 0 Å². The number of thiophene rings is 1. The fourth-order valence-corrected chi connectivity index (χ4v) is 4.52. The third-order valence-corrected chi connectivity index (χ3v) is 5.57. The summed E-state index contributed by atoms with van der Waals surface area (Å²) in [5.74, 6) is 0. The van der Waals surface area contributed by atoms with Crippen molar-refractivity contribution in [3.8, 4) is 0 Å². The summed E-state index contributed by atoms with van der Waals surface area (Å²) in [6, 6.07) is 2.69. The number of aryl methyl sites for hydroxylation is 1. The molecule has 0 amide bonds. The summed E-state index contributed by atoms with van der Waals surface area (Å²) >= 11 is 7.91. The van der Waals surface area contributed by atoms with Crippen LogP contribution < -0.4 is 5.32 Å². The number of halogens is 1. The first-order chi connectivity index (χ1) is 9.83. The monoisotopic (exact) mass is 314 g/mol. The second-order valence-electron chi connectivity index (χ2n) is 5.64. The van der Waals surface area contributed by atoms with Gasteiger partial charge in [0, 0.05) is 24.0 Å². The van der Waals surface area contributed by atoms with E-state index in [1.54, 1.807) is 11.3 Å². The smallest absolute Gasteiger partial charge is 0.0934 e. The second kappa shape index (κ2) is 7.23. The molecule has 2 heterocycles. The maximum atomic E-state index is 6.15. The van der Waals surface area contributed by atoms with Crippen molar-refractivity contribution in [3.63, 3.8) is 0 Å². The fraction of sp³-hybridized carbons (Fsp3) is 0.733. The Kier molecular flexibility index (Phi) is 5.35. The molecule has 1 aromatic rings. The van der Waals surface area contributed by atoms with Gasteiger partial charge in [-0.1, -0.05) is 11.6 Å². The summed E-state index contributed by atoms with van der Waals surface area (Å²) in [6.07, 6.45) is 4.95. The van der Waals surface area contributed by atoms with Gasteiger partial charge in [-0.3, -0.25) is 4.90 Å². The van der Waals surface area contributed by atoms with E-state index in [9.17, 15) is 0 Å². The van der Waals surface area contributed by atoms with E-state index in [1.807, 2.05) is 0 Å². The number of hydrogen-bond acceptors (Lipinski definition) is 4. The Morgan fingerprint density at radius 1 is 1.40 bits per heavy atom. The highest BCUT2D eigenvalue weighted by molar-refractivity contribution is 7.16. The van der Waals surface area contributed by atoms with Gasteiger partial charge in [0.15, 0.2) is 0 Å². The van der Waals surface area contributed by atoms with Gasteiger partial charge in [-0.05, 0) is 50.4 Å². The van der Waals surface area contributed by atoms with Crippen molar-refractivity contribution in [2.75, 3.05) is 39.4 Å². The Hall–Kier alpha value is -0.130. The van der Waals surface area contributed by atoms with Crippen LogP contribution in [0, 0.1) is 0 Å². The second-order valence-corrected chi connectivity index (χ2v) is 7.40. The molecule has 1 fully saturated rings. The van der Waals surface area contributed by atoms with Gasteiger partial charge in [0.05, 0.1) is 17.6 Å². The van der Waals surface area contributed by atoms with Crippen molar-refractivity contribution in [3.05, 3.63) is 20.8 Å². The zero-order valence-electron chi connectivity index (χ0n) is 11.9. The standard InChI is InChI=1S/C15H23ClN2OS/c16-15-11-12-13(3-1-4-14(12)20-15)17-5-2-6-18-7-9-19-10-8-18/h11,13,17H,1-10H2. The van der Waals surface area contributed by atoms with E-state index in [0.717, 1.165) is 37.2 Å². The lowest BCUT2D eigenvalue weighted by molar-refractivity contribution is 0.0373. The van der Waals surface area contributed by atoms with Crippen molar-refractivity contribution in [2.45, 2.75) is 31.7 Å². The molecule has 1 aromatic heterocycles. The Balaban J connectivity index is 1.42. The minimum Gasteiger partial charge on any atom is -0.379 e. The zero-order chi connectivity index (χ0) is 13.8. The molecule has 20 heavy (non-hydrogen) atoms. The number of rotatable bonds is 5. The Bertz CT molecular complexity index is 432. The number of hydrogen-bond donors (Lipinski definition) is 1. The van der Waals surface area contributed by atoms with Crippen molar-refractivity contribution in [1.29, 1.82) is 0 Å². The van der Waals surface area contributed by atoms with E-state index in [2.05, 4.69) is 16.3 Å². The molecule has 112 valence electrons. The van der Waals surface area contributed by atoms with Crippen LogP contribution in [0.2, 0.25) is 4.34 Å². The lowest BCUT2D eigenvalue weighted by atomic mass is 9.94. The van der Waals surface area contributed by atoms with Crippen molar-refractivity contribution in [1.82, 2.24) is 10.2 Å². The molecule has 3 nitrogen and oxygen atoms in total. The van der Waals surface area contributed by atoms with E-state index in [-0.39, 0.29) is 0 Å². The molecule has 1 N–H and O–H groups in total. The Labute approximate surface area is 130 Å². The molecule has 0 spiro atoms. The molecular weight excluding hydrogens is 292 g/mol. The summed E-state index contributed by atoms with van der Waals surface area (Å²) < 4.78 is 6.32. The van der Waals surface area contributed by atoms with Gasteiger partial charge < -0.3 is 10.1 Å². The Morgan fingerprint density at radius 3 is 3.10 bits per heavy atom. The molecular formula is C15H23ClN2OS. The average Bonchev–Trinajstić information content (AvgIpc) is 2.86. The molecule has 1 aliphatic carbocycles. The number of nitrogens with zero attached hydrogens (tertiary/aromatic N) is 1. The highest BCUT2D eigenvalue weighted by atomic mass is 35.5. The number of nitrogens with one attached hydrogen (secondary N) is 1. The fourth-order valence-electron chi connectivity index (χ4n) is 3.14. The molecule has 5 heteroatoms. The first kappa shape index (κ1) is 14.8. The van der Waals surface area contributed by atoms with Gasteiger partial charge in [-0.25, -0.2) is 0 Å². The summed E-state index contributed by atoms with van der Waals surface area (Å²) in [5, 5.41) is 3.72. The molecule has 3 rings (SSSR count). The first-order valence-corrected chi connectivity index (χ1v) is 8.84. The van der Waals surface area contributed by atoms with Gasteiger partial charge in [-0.15, -0.1) is 11.3 Å². The van der Waals surface area contributed by atoms with Crippen LogP contribution in [0.5, 0.6) is 0 Å². The molecule has 2 aliphatic rings. The predicted octanol–water partition coefficient (Wildman–Crippen LogP) is 3.09. The van der Waals surface area contributed by atoms with Crippen molar-refractivity contribution in [2.24, 2.45) is 0 Å². The molecule has 0 aromatic carbocycles. The number of morpholine rings is 1. The molecule has 1 aliphatic heterocycles. The van der Waals surface area contributed by atoms with Crippen molar-refractivity contribution >= 4 is 22.9 Å². The van der Waals surface area contributed by atoms with Crippen LogP contribution in [0.15, 0.2) is 6.07 Å². The number of ether oxygens (including phenoxy) is 1. The zero-order valence-corrected chi connectivity index (χ0v) is 13.4. The third kappa shape index (κ3) is 3.74. The minimum atomic E-state index is 0.521. The number of fused-ring (bicyclic) bond motifs is 1. The highest BCUT2D eigenvalue weighted by Gasteiger charge is 2.22. The summed E-state index contributed by atoms with van der Waals surface area (Å²) in [4.78, 5) is 3.99. The first-order valence-electron chi connectivity index (χ1n) is 7.64. The minimum absolute atomic E-state index is 0.521. The van der Waals surface area contributed by atoms with E-state index in [0.29, 0.717) is 6.04 Å². The molecule has 1 atom stereocenters. The molecule has 0 bridgehead atoms. The molecule has 1 unspecified atom stereocenters. The van der Waals surface area contributed by atoms with Gasteiger partial charge in [0.1, 0.15) is 0 Å². The van der Waals surface area contributed by atoms with Crippen molar-refractivity contribution < 1.29 is 4.74 Å². The van der Waals surface area contributed by atoms with Crippen LogP contribution in [0.1, 0.15) is 35.7 Å². The van der Waals surface area contributed by atoms with E-state index in [1.165, 1.54) is 42.7 Å². The predicted molar refractivity (Wildman–Crippen MR) is 84.9 cm³/mol. The van der Waals surface area contributed by atoms with Gasteiger partial charge in [0.25, 0.3) is 0 Å². The highest BCUT2D eigenvalue weighted by Crippen LogP contribution is 2.37. The average molecular weight is 315 g/mol. The topological polar surface area (TPSA) is 24.5 Å². The summed E-state index contributed by atoms with van der Waals surface area (Å²) in [5.41, 5.74) is 1.46. The molecule has 0 radical (unpaired) electrons. The van der Waals surface area contributed by atoms with Gasteiger partial charge in [0.2, 0.25) is 0 Å². The largest absolute Gasteiger partial charge is 0.379 e. The normalized spacial score (nSPS) is 23.8. The van der Waals surface area contributed by atoms with Crippen LogP contribution in [-0.2, 0) is 11.2 Å². The molecule has 1 saturated heterocycles. The molecule has 0 saturated carbocycles. The van der Waals surface area contributed by atoms with E-state index < -0.39 is 0 Å². The maximum Gasteiger partial charge on any atom is 0.0934 e. The summed E-state index contributed by atoms with van der Waals surface area (Å²) in [7, 11) is 0. The maximum absolute atomic E-state index is 6.15. The van der Waals surface area contributed by atoms with Gasteiger partial charge >= 0.3 is 0 Å². The Morgan fingerprint density at radius 2 is 2.25 bits per heavy atom.